The maximum absolute atomic E-state index is 12.3. The van der Waals surface area contributed by atoms with Crippen molar-refractivity contribution in [3.63, 3.8) is 0 Å². The number of carboxylic acid groups (broad SMARTS) is 1. The van der Waals surface area contributed by atoms with E-state index in [-0.39, 0.29) is 21.5 Å². The molecule has 0 saturated heterocycles. The first-order chi connectivity index (χ1) is 9.71. The molecule has 8 heteroatoms. The fraction of sp³-hybridized carbons (Fsp3) is 0.231. The van der Waals surface area contributed by atoms with Crippen LogP contribution < -0.4 is 5.32 Å². The van der Waals surface area contributed by atoms with Crippen molar-refractivity contribution in [1.82, 2.24) is 5.32 Å². The van der Waals surface area contributed by atoms with E-state index in [1.54, 1.807) is 0 Å². The first kappa shape index (κ1) is 17.2. The molecule has 21 heavy (non-hydrogen) atoms. The smallest absolute Gasteiger partial charge is 0.336 e. The number of carbonyl (C=O) groups excluding carboxylic acids is 1. The van der Waals surface area contributed by atoms with Gasteiger partial charge < -0.3 is 10.4 Å². The maximum Gasteiger partial charge on any atom is 0.336 e. The number of rotatable bonds is 5. The van der Waals surface area contributed by atoms with Crippen molar-refractivity contribution in [3.05, 3.63) is 28.2 Å². The van der Waals surface area contributed by atoms with Crippen LogP contribution >= 0.6 is 15.9 Å². The molecule has 0 bridgehead atoms. The second-order valence-corrected chi connectivity index (χ2v) is 7.18. The molecular weight excluding hydrogens is 362 g/mol. The average molecular weight is 374 g/mol. The second kappa shape index (κ2) is 6.74. The SMILES string of the molecule is C#CCNC(=O)C(C)S(=O)(=O)c1ccc(Br)c(C(=O)O)c1. The summed E-state index contributed by atoms with van der Waals surface area (Å²) in [6, 6.07) is 3.55. The Bertz CT molecular complexity index is 721. The predicted molar refractivity (Wildman–Crippen MR) is 79.6 cm³/mol. The molecule has 0 fully saturated rings. The van der Waals surface area contributed by atoms with Gasteiger partial charge in [0.15, 0.2) is 9.84 Å². The third-order valence-electron chi connectivity index (χ3n) is 2.70. The first-order valence-electron chi connectivity index (χ1n) is 5.69. The topological polar surface area (TPSA) is 101 Å². The van der Waals surface area contributed by atoms with Crippen molar-refractivity contribution in [2.24, 2.45) is 0 Å². The van der Waals surface area contributed by atoms with Gasteiger partial charge in [-0.25, -0.2) is 13.2 Å². The zero-order chi connectivity index (χ0) is 16.2. The van der Waals surface area contributed by atoms with Gasteiger partial charge in [0.25, 0.3) is 0 Å². The minimum atomic E-state index is -4.01. The van der Waals surface area contributed by atoms with Gasteiger partial charge in [-0.3, -0.25) is 4.79 Å². The fourth-order valence-electron chi connectivity index (χ4n) is 1.47. The van der Waals surface area contributed by atoms with E-state index in [1.165, 1.54) is 19.1 Å². The summed E-state index contributed by atoms with van der Waals surface area (Å²) in [6.07, 6.45) is 4.98. The molecule has 2 N–H and O–H groups in total. The van der Waals surface area contributed by atoms with Crippen LogP contribution in [0.3, 0.4) is 0 Å². The third kappa shape index (κ3) is 3.83. The number of aromatic carboxylic acids is 1. The minimum absolute atomic E-state index is 0.0839. The number of amides is 1. The van der Waals surface area contributed by atoms with Crippen LogP contribution in [0.15, 0.2) is 27.6 Å². The number of hydrogen-bond acceptors (Lipinski definition) is 4. The molecule has 0 heterocycles. The van der Waals surface area contributed by atoms with Crippen LogP contribution in [-0.4, -0.2) is 37.2 Å². The van der Waals surface area contributed by atoms with Gasteiger partial charge in [0, 0.05) is 4.47 Å². The van der Waals surface area contributed by atoms with Crippen molar-refractivity contribution in [2.45, 2.75) is 17.1 Å². The van der Waals surface area contributed by atoms with E-state index in [2.05, 4.69) is 27.2 Å². The van der Waals surface area contributed by atoms with Crippen molar-refractivity contribution < 1.29 is 23.1 Å². The molecule has 0 spiro atoms. The monoisotopic (exact) mass is 373 g/mol. The van der Waals surface area contributed by atoms with Crippen LogP contribution in [0.4, 0.5) is 0 Å². The lowest BCUT2D eigenvalue weighted by Gasteiger charge is -2.13. The Labute approximate surface area is 130 Å². The molecule has 1 atom stereocenters. The number of benzene rings is 1. The van der Waals surface area contributed by atoms with E-state index in [0.717, 1.165) is 6.07 Å². The quantitative estimate of drug-likeness (QED) is 0.751. The third-order valence-corrected chi connectivity index (χ3v) is 5.44. The lowest BCUT2D eigenvalue weighted by Crippen LogP contribution is -2.38. The highest BCUT2D eigenvalue weighted by Crippen LogP contribution is 2.23. The number of sulfone groups is 1. The molecule has 0 saturated carbocycles. The van der Waals surface area contributed by atoms with Crippen LogP contribution in [-0.2, 0) is 14.6 Å². The minimum Gasteiger partial charge on any atom is -0.478 e. The summed E-state index contributed by atoms with van der Waals surface area (Å²) in [4.78, 5) is 22.5. The summed E-state index contributed by atoms with van der Waals surface area (Å²) in [5, 5.41) is 9.89. The summed E-state index contributed by atoms with van der Waals surface area (Å²) in [7, 11) is -4.01. The Morgan fingerprint density at radius 2 is 2.10 bits per heavy atom. The highest BCUT2D eigenvalue weighted by Gasteiger charge is 2.30. The van der Waals surface area contributed by atoms with Gasteiger partial charge in [-0.05, 0) is 41.1 Å². The number of carboxylic acids is 1. The summed E-state index contributed by atoms with van der Waals surface area (Å²) in [5.41, 5.74) is -0.202. The fourth-order valence-corrected chi connectivity index (χ4v) is 3.20. The molecule has 0 aliphatic heterocycles. The molecule has 0 aromatic heterocycles. The Balaban J connectivity index is 3.20. The van der Waals surface area contributed by atoms with Gasteiger partial charge in [-0.2, -0.15) is 0 Å². The summed E-state index contributed by atoms with van der Waals surface area (Å²) < 4.78 is 24.9. The molecule has 0 radical (unpaired) electrons. The number of hydrogen-bond donors (Lipinski definition) is 2. The lowest BCUT2D eigenvalue weighted by molar-refractivity contribution is -0.120. The molecular formula is C13H12BrNO5S. The van der Waals surface area contributed by atoms with E-state index >= 15 is 0 Å². The lowest BCUT2D eigenvalue weighted by atomic mass is 10.2. The molecule has 1 amide bonds. The molecule has 1 aromatic rings. The van der Waals surface area contributed by atoms with Gasteiger partial charge in [0.05, 0.1) is 17.0 Å². The van der Waals surface area contributed by atoms with E-state index in [0.29, 0.717) is 0 Å². The van der Waals surface area contributed by atoms with Crippen LogP contribution in [0.2, 0.25) is 0 Å². The van der Waals surface area contributed by atoms with E-state index in [9.17, 15) is 18.0 Å². The van der Waals surface area contributed by atoms with Crippen molar-refractivity contribution in [2.75, 3.05) is 6.54 Å². The Morgan fingerprint density at radius 3 is 2.62 bits per heavy atom. The van der Waals surface area contributed by atoms with Gasteiger partial charge in [-0.15, -0.1) is 6.42 Å². The predicted octanol–water partition coefficient (Wildman–Crippen LogP) is 1.06. The van der Waals surface area contributed by atoms with E-state index in [1.807, 2.05) is 0 Å². The van der Waals surface area contributed by atoms with Crippen LogP contribution in [0.1, 0.15) is 17.3 Å². The number of carbonyl (C=O) groups is 2. The highest BCUT2D eigenvalue weighted by atomic mass is 79.9. The Kier molecular flexibility index (Phi) is 5.52. The summed E-state index contributed by atoms with van der Waals surface area (Å²) in [5.74, 6) is 0.148. The maximum atomic E-state index is 12.3. The molecule has 112 valence electrons. The Morgan fingerprint density at radius 1 is 1.48 bits per heavy atom. The number of halogens is 1. The summed E-state index contributed by atoms with van der Waals surface area (Å²) >= 11 is 3.02. The van der Waals surface area contributed by atoms with Gasteiger partial charge in [0.1, 0.15) is 5.25 Å². The van der Waals surface area contributed by atoms with Crippen molar-refractivity contribution in [1.29, 1.82) is 0 Å². The van der Waals surface area contributed by atoms with Gasteiger partial charge in [0.2, 0.25) is 5.91 Å². The second-order valence-electron chi connectivity index (χ2n) is 4.06. The highest BCUT2D eigenvalue weighted by molar-refractivity contribution is 9.10. The zero-order valence-electron chi connectivity index (χ0n) is 11.0. The normalized spacial score (nSPS) is 12.2. The van der Waals surface area contributed by atoms with Crippen molar-refractivity contribution >= 4 is 37.6 Å². The number of nitrogens with one attached hydrogen (secondary N) is 1. The molecule has 1 rings (SSSR count). The average Bonchev–Trinajstić information content (AvgIpc) is 2.43. The molecule has 0 aliphatic carbocycles. The van der Waals surface area contributed by atoms with Crippen LogP contribution in [0.25, 0.3) is 0 Å². The van der Waals surface area contributed by atoms with E-state index < -0.39 is 27.0 Å². The van der Waals surface area contributed by atoms with Gasteiger partial charge in [-0.1, -0.05) is 5.92 Å². The Hall–Kier alpha value is -1.85. The standard InChI is InChI=1S/C13H12BrNO5S/c1-3-6-15-12(16)8(2)21(19,20)9-4-5-11(14)10(7-9)13(17)18/h1,4-5,7-8H,6H2,2H3,(H,15,16)(H,17,18). The van der Waals surface area contributed by atoms with Gasteiger partial charge >= 0.3 is 5.97 Å². The zero-order valence-corrected chi connectivity index (χ0v) is 13.4. The van der Waals surface area contributed by atoms with E-state index in [4.69, 9.17) is 11.5 Å². The van der Waals surface area contributed by atoms with Crippen molar-refractivity contribution in [3.8, 4) is 12.3 Å². The molecule has 1 aromatic carbocycles. The number of terminal acetylenes is 1. The molecule has 1 unspecified atom stereocenters. The molecule has 0 aliphatic rings. The van der Waals surface area contributed by atoms with Crippen LogP contribution in [0.5, 0.6) is 0 Å². The largest absolute Gasteiger partial charge is 0.478 e. The first-order valence-corrected chi connectivity index (χ1v) is 8.03. The summed E-state index contributed by atoms with van der Waals surface area (Å²) in [6.45, 7) is 1.13. The van der Waals surface area contributed by atoms with Crippen LogP contribution in [0, 0.1) is 12.3 Å². The molecule has 6 nitrogen and oxygen atoms in total.